The van der Waals surface area contributed by atoms with Crippen LogP contribution in [0.3, 0.4) is 0 Å². The maximum atomic E-state index is 12.4. The van der Waals surface area contributed by atoms with Crippen molar-refractivity contribution < 1.29 is 47.7 Å². The number of phosphoric acid groups is 1. The van der Waals surface area contributed by atoms with E-state index in [9.17, 15) is 24.3 Å². The van der Waals surface area contributed by atoms with Crippen LogP contribution in [0.2, 0.25) is 0 Å². The van der Waals surface area contributed by atoms with Crippen LogP contribution in [0.15, 0.2) is 91.5 Å². The van der Waals surface area contributed by atoms with Crippen LogP contribution in [0.1, 0.15) is 36.8 Å². The molecule has 0 aliphatic carbocycles. The Morgan fingerprint density at radius 2 is 1.51 bits per heavy atom. The Bertz CT molecular complexity index is 1960. The molecule has 0 saturated carbocycles. The Kier molecular flexibility index (Phi) is 10.5. The van der Waals surface area contributed by atoms with E-state index in [1.54, 1.807) is 52.3 Å². The Labute approximate surface area is 293 Å². The molecule has 0 unspecified atom stereocenters. The van der Waals surface area contributed by atoms with Crippen molar-refractivity contribution in [2.45, 2.75) is 44.0 Å². The van der Waals surface area contributed by atoms with Gasteiger partial charge in [-0.05, 0) is 41.0 Å². The molecule has 5 aromatic rings. The minimum atomic E-state index is -5.15. The molecule has 3 aromatic carbocycles. The smallest absolute Gasteiger partial charge is 0.470 e. The Morgan fingerprint density at radius 1 is 0.922 bits per heavy atom. The lowest BCUT2D eigenvalue weighted by atomic mass is 9.80. The number of nitrogens with one attached hydrogen (secondary N) is 1. The van der Waals surface area contributed by atoms with E-state index in [0.717, 1.165) is 5.56 Å². The van der Waals surface area contributed by atoms with E-state index in [2.05, 4.69) is 20.3 Å². The van der Waals surface area contributed by atoms with Gasteiger partial charge in [-0.2, -0.15) is 0 Å². The molecule has 4 atom stereocenters. The number of carbonyl (C=O) groups is 1. The van der Waals surface area contributed by atoms with Gasteiger partial charge in [-0.15, -0.1) is 0 Å². The van der Waals surface area contributed by atoms with Gasteiger partial charge in [-0.3, -0.25) is 13.9 Å². The Hall–Kier alpha value is -4.73. The second kappa shape index (κ2) is 14.9. The molecular formula is C35H38N5O10P. The van der Waals surface area contributed by atoms with Crippen LogP contribution >= 0.6 is 7.82 Å². The third-order valence-electron chi connectivity index (χ3n) is 8.60. The standard InChI is InChI=1S/C35H38N5O10P/c1-21(2)33(42)39-31-28-32(37-19-36-31)40(20-38-28)34-29(41)30(50-51(43,44)45)27(49-34)18-48-35(22-8-6-5-7-9-22,23-10-14-25(46-3)15-11-23)24-12-16-26(47-4)17-13-24/h5-17,19-21,27,29-30,34,41H,18H2,1-4H3,(H2,43,44,45)(H,36,37,39,42)/t27-,29-,30-,34-/m1/s1. The molecule has 1 aliphatic heterocycles. The van der Waals surface area contributed by atoms with Crippen LogP contribution in [0.5, 0.6) is 11.5 Å². The molecule has 1 saturated heterocycles. The average molecular weight is 720 g/mol. The van der Waals surface area contributed by atoms with E-state index < -0.39 is 38.0 Å². The van der Waals surface area contributed by atoms with Gasteiger partial charge in [-0.25, -0.2) is 19.5 Å². The second-order valence-electron chi connectivity index (χ2n) is 12.1. The van der Waals surface area contributed by atoms with Crippen molar-refractivity contribution in [2.75, 3.05) is 26.1 Å². The molecule has 1 aliphatic rings. The topological polar surface area (TPSA) is 197 Å². The summed E-state index contributed by atoms with van der Waals surface area (Å²) in [6.07, 6.45) is -3.14. The van der Waals surface area contributed by atoms with E-state index in [1.165, 1.54) is 17.2 Å². The minimum absolute atomic E-state index is 0.152. The number of aromatic nitrogens is 4. The van der Waals surface area contributed by atoms with Crippen LogP contribution in [-0.4, -0.2) is 79.5 Å². The summed E-state index contributed by atoms with van der Waals surface area (Å²) in [5.41, 5.74) is 1.25. The summed E-state index contributed by atoms with van der Waals surface area (Å²) >= 11 is 0. The first-order valence-corrected chi connectivity index (χ1v) is 17.5. The summed E-state index contributed by atoms with van der Waals surface area (Å²) in [7, 11) is -2.02. The average Bonchev–Trinajstić information content (AvgIpc) is 3.69. The summed E-state index contributed by atoms with van der Waals surface area (Å²) < 4.78 is 42.8. The number of carbonyl (C=O) groups excluding carboxylic acids is 1. The van der Waals surface area contributed by atoms with Crippen molar-refractivity contribution in [2.24, 2.45) is 5.92 Å². The van der Waals surface area contributed by atoms with Crippen LogP contribution in [0.25, 0.3) is 11.2 Å². The van der Waals surface area contributed by atoms with Crippen molar-refractivity contribution in [3.05, 3.63) is 108 Å². The van der Waals surface area contributed by atoms with Gasteiger partial charge in [-0.1, -0.05) is 68.4 Å². The predicted octanol–water partition coefficient (Wildman–Crippen LogP) is 4.18. The molecule has 16 heteroatoms. The molecule has 0 bridgehead atoms. The van der Waals surface area contributed by atoms with E-state index in [-0.39, 0.29) is 35.4 Å². The van der Waals surface area contributed by atoms with Gasteiger partial charge in [0.15, 0.2) is 23.2 Å². The lowest BCUT2D eigenvalue weighted by molar-refractivity contribution is -0.118. The number of benzene rings is 3. The van der Waals surface area contributed by atoms with Gasteiger partial charge in [0.1, 0.15) is 41.7 Å². The highest BCUT2D eigenvalue weighted by Crippen LogP contribution is 2.46. The van der Waals surface area contributed by atoms with Crippen molar-refractivity contribution in [1.29, 1.82) is 0 Å². The first kappa shape index (κ1) is 36.1. The van der Waals surface area contributed by atoms with E-state index in [1.807, 2.05) is 54.6 Å². The summed E-state index contributed by atoms with van der Waals surface area (Å²) in [5.74, 6) is 0.782. The number of anilines is 1. The number of aliphatic hydroxyl groups excluding tert-OH is 1. The summed E-state index contributed by atoms with van der Waals surface area (Å²) in [6, 6.07) is 24.1. The highest BCUT2D eigenvalue weighted by molar-refractivity contribution is 7.46. The fraction of sp³-hybridized carbons (Fsp3) is 0.314. The van der Waals surface area contributed by atoms with Crippen molar-refractivity contribution in [3.63, 3.8) is 0 Å². The van der Waals surface area contributed by atoms with Gasteiger partial charge >= 0.3 is 7.82 Å². The number of imidazole rings is 1. The summed E-state index contributed by atoms with van der Waals surface area (Å²) in [4.78, 5) is 45.0. The molecule has 2 aromatic heterocycles. The number of hydrogen-bond acceptors (Lipinski definition) is 11. The molecular weight excluding hydrogens is 681 g/mol. The van der Waals surface area contributed by atoms with Gasteiger partial charge in [0.2, 0.25) is 5.91 Å². The third-order valence-corrected chi connectivity index (χ3v) is 9.12. The van der Waals surface area contributed by atoms with Crippen LogP contribution in [-0.2, 0) is 29.0 Å². The molecule has 1 amide bonds. The molecule has 51 heavy (non-hydrogen) atoms. The van der Waals surface area contributed by atoms with Gasteiger partial charge in [0, 0.05) is 5.92 Å². The maximum absolute atomic E-state index is 12.4. The molecule has 268 valence electrons. The molecule has 4 N–H and O–H groups in total. The molecule has 0 spiro atoms. The van der Waals surface area contributed by atoms with E-state index in [0.29, 0.717) is 22.6 Å². The van der Waals surface area contributed by atoms with Crippen molar-refractivity contribution >= 4 is 30.7 Å². The Balaban J connectivity index is 1.41. The van der Waals surface area contributed by atoms with E-state index >= 15 is 0 Å². The zero-order chi connectivity index (χ0) is 36.3. The fourth-order valence-corrected chi connectivity index (χ4v) is 6.62. The number of phosphoric ester groups is 1. The number of nitrogens with zero attached hydrogens (tertiary/aromatic N) is 4. The molecule has 6 rings (SSSR count). The SMILES string of the molecule is COc1ccc(C(OC[C@H]2O[C@@H](n3cnc4c(NC(=O)C(C)C)ncnc43)[C@H](O)[C@@H]2OP(=O)(O)O)(c2ccccc2)c2ccc(OC)cc2)cc1. The number of fused-ring (bicyclic) bond motifs is 1. The zero-order valence-corrected chi connectivity index (χ0v) is 29.1. The predicted molar refractivity (Wildman–Crippen MR) is 184 cm³/mol. The van der Waals surface area contributed by atoms with Gasteiger partial charge in [0.25, 0.3) is 0 Å². The summed E-state index contributed by atoms with van der Waals surface area (Å²) in [5, 5.41) is 14.3. The summed E-state index contributed by atoms with van der Waals surface area (Å²) in [6.45, 7) is 3.14. The minimum Gasteiger partial charge on any atom is -0.497 e. The lowest BCUT2D eigenvalue weighted by Crippen LogP contribution is -2.40. The molecule has 15 nitrogen and oxygen atoms in total. The molecule has 3 heterocycles. The molecule has 1 fully saturated rings. The van der Waals surface area contributed by atoms with Crippen LogP contribution in [0, 0.1) is 5.92 Å². The number of ether oxygens (including phenoxy) is 4. The zero-order valence-electron chi connectivity index (χ0n) is 28.2. The van der Waals surface area contributed by atoms with Gasteiger partial charge in [0.05, 0.1) is 27.2 Å². The van der Waals surface area contributed by atoms with Crippen molar-refractivity contribution in [1.82, 2.24) is 19.5 Å². The van der Waals surface area contributed by atoms with Gasteiger partial charge < -0.3 is 39.2 Å². The molecule has 0 radical (unpaired) electrons. The monoisotopic (exact) mass is 719 g/mol. The van der Waals surface area contributed by atoms with Crippen molar-refractivity contribution in [3.8, 4) is 11.5 Å². The first-order valence-electron chi connectivity index (χ1n) is 16.0. The Morgan fingerprint density at radius 3 is 2.06 bits per heavy atom. The van der Waals surface area contributed by atoms with Crippen LogP contribution < -0.4 is 14.8 Å². The van der Waals surface area contributed by atoms with E-state index in [4.69, 9.17) is 23.5 Å². The second-order valence-corrected chi connectivity index (χ2v) is 13.3. The number of amides is 1. The highest BCUT2D eigenvalue weighted by Gasteiger charge is 2.50. The number of hydrogen-bond donors (Lipinski definition) is 4. The third kappa shape index (κ3) is 7.37. The first-order chi connectivity index (χ1) is 24.4. The number of rotatable bonds is 13. The number of methoxy groups -OCH3 is 2. The normalized spacial score (nSPS) is 19.4. The number of aliphatic hydroxyl groups is 1. The van der Waals surface area contributed by atoms with Crippen LogP contribution in [0.4, 0.5) is 5.82 Å². The largest absolute Gasteiger partial charge is 0.497 e. The quantitative estimate of drug-likeness (QED) is 0.100. The lowest BCUT2D eigenvalue weighted by Gasteiger charge is -2.37. The fourth-order valence-electron chi connectivity index (χ4n) is 6.04. The highest BCUT2D eigenvalue weighted by atomic mass is 31.2. The maximum Gasteiger partial charge on any atom is 0.470 e.